The third-order valence-electron chi connectivity index (χ3n) is 4.36. The van der Waals surface area contributed by atoms with Crippen molar-refractivity contribution in [1.82, 2.24) is 0 Å². The van der Waals surface area contributed by atoms with Crippen molar-refractivity contribution < 1.29 is 0 Å². The highest BCUT2D eigenvalue weighted by molar-refractivity contribution is 5.63. The number of rotatable bonds is 8. The highest BCUT2D eigenvalue weighted by Gasteiger charge is 2.01. The van der Waals surface area contributed by atoms with E-state index in [0.717, 1.165) is 40.9 Å². The highest BCUT2D eigenvalue weighted by atomic mass is 14.9. The minimum atomic E-state index is 0.637. The number of nitrogens with one attached hydrogen (secondary N) is 1. The number of allylic oxidation sites excluding steroid dienone is 3. The zero-order valence-corrected chi connectivity index (χ0v) is 17.8. The van der Waals surface area contributed by atoms with Gasteiger partial charge in [0.15, 0.2) is 0 Å². The molecule has 0 aromatic heterocycles. The summed E-state index contributed by atoms with van der Waals surface area (Å²) in [6.07, 6.45) is 10.1. The Kier molecular flexibility index (Phi) is 10.2. The minimum absolute atomic E-state index is 0.637. The van der Waals surface area contributed by atoms with Crippen LogP contribution in [0.1, 0.15) is 50.3 Å². The van der Waals surface area contributed by atoms with Crippen LogP contribution in [0.5, 0.6) is 0 Å². The predicted molar refractivity (Wildman–Crippen MR) is 126 cm³/mol. The number of hydrogen-bond acceptors (Lipinski definition) is 1. The molecular formula is C27H33N. The fraction of sp³-hybridized carbons (Fsp3) is 0.259. The molecule has 1 nitrogen and oxygen atoms in total. The lowest BCUT2D eigenvalue weighted by Gasteiger charge is -2.11. The topological polar surface area (TPSA) is 12.0 Å². The van der Waals surface area contributed by atoms with E-state index in [2.05, 4.69) is 74.7 Å². The van der Waals surface area contributed by atoms with E-state index in [1.54, 1.807) is 0 Å². The van der Waals surface area contributed by atoms with Gasteiger partial charge in [-0.3, -0.25) is 0 Å². The normalized spacial score (nSPS) is 10.3. The summed E-state index contributed by atoms with van der Waals surface area (Å²) in [6.45, 7) is 16.5. The largest absolute Gasteiger partial charge is 0.356 e. The van der Waals surface area contributed by atoms with E-state index in [1.165, 1.54) is 11.1 Å². The third kappa shape index (κ3) is 7.72. The van der Waals surface area contributed by atoms with Crippen molar-refractivity contribution in [3.05, 3.63) is 95.7 Å². The van der Waals surface area contributed by atoms with Crippen LogP contribution in [0.2, 0.25) is 0 Å². The molecule has 0 aliphatic rings. The van der Waals surface area contributed by atoms with Crippen molar-refractivity contribution in [1.29, 1.82) is 0 Å². The maximum Gasteiger partial charge on any atom is 0.0387 e. The zero-order valence-electron chi connectivity index (χ0n) is 17.8. The molecule has 0 heterocycles. The molecular weight excluding hydrogens is 338 g/mol. The standard InChI is InChI=1S/C25H27N.C2H6/c1-6-9-23-12-8-13-25(18-23)26-22(5)20(3)10-7-11-21(4)24-16-14-19(2)15-17-24;1-2/h1,8,10,12-18,26H,4-5,7,9,11H2,2-3H3;1-2H3/b20-10+;. The summed E-state index contributed by atoms with van der Waals surface area (Å²) in [5.74, 6) is 2.67. The first-order chi connectivity index (χ1) is 13.5. The summed E-state index contributed by atoms with van der Waals surface area (Å²) < 4.78 is 0. The molecule has 0 atom stereocenters. The van der Waals surface area contributed by atoms with Gasteiger partial charge in [-0.15, -0.1) is 12.3 Å². The quantitative estimate of drug-likeness (QED) is 0.373. The third-order valence-corrected chi connectivity index (χ3v) is 4.36. The van der Waals surface area contributed by atoms with Crippen LogP contribution in [-0.4, -0.2) is 0 Å². The Labute approximate surface area is 171 Å². The molecule has 0 bridgehead atoms. The first-order valence-corrected chi connectivity index (χ1v) is 9.90. The van der Waals surface area contributed by atoms with Crippen LogP contribution in [0, 0.1) is 19.3 Å². The summed E-state index contributed by atoms with van der Waals surface area (Å²) in [5.41, 5.74) is 7.83. The molecule has 1 heteroatoms. The maximum absolute atomic E-state index is 5.38. The zero-order chi connectivity index (χ0) is 20.9. The van der Waals surface area contributed by atoms with Crippen molar-refractivity contribution in [3.8, 4) is 12.3 Å². The number of anilines is 1. The van der Waals surface area contributed by atoms with E-state index in [1.807, 2.05) is 32.0 Å². The van der Waals surface area contributed by atoms with E-state index in [4.69, 9.17) is 6.42 Å². The molecule has 0 radical (unpaired) electrons. The van der Waals surface area contributed by atoms with Gasteiger partial charge < -0.3 is 5.32 Å². The Morgan fingerprint density at radius 2 is 1.79 bits per heavy atom. The molecule has 0 unspecified atom stereocenters. The molecule has 2 rings (SSSR count). The van der Waals surface area contributed by atoms with E-state index in [0.29, 0.717) is 6.42 Å². The first kappa shape index (κ1) is 23.1. The van der Waals surface area contributed by atoms with Crippen LogP contribution < -0.4 is 5.32 Å². The van der Waals surface area contributed by atoms with Gasteiger partial charge in [0, 0.05) is 17.8 Å². The van der Waals surface area contributed by atoms with E-state index < -0.39 is 0 Å². The van der Waals surface area contributed by atoms with Crippen LogP contribution in [0.3, 0.4) is 0 Å². The summed E-state index contributed by atoms with van der Waals surface area (Å²) in [4.78, 5) is 0. The second-order valence-electron chi connectivity index (χ2n) is 6.58. The predicted octanol–water partition coefficient (Wildman–Crippen LogP) is 7.56. The number of benzene rings is 2. The Hall–Kier alpha value is -2.98. The molecule has 0 aliphatic heterocycles. The molecule has 0 saturated carbocycles. The van der Waals surface area contributed by atoms with Gasteiger partial charge in [-0.2, -0.15) is 0 Å². The second kappa shape index (κ2) is 12.4. The first-order valence-electron chi connectivity index (χ1n) is 9.90. The lowest BCUT2D eigenvalue weighted by atomic mass is 10.0. The maximum atomic E-state index is 5.38. The molecule has 146 valence electrons. The molecule has 1 N–H and O–H groups in total. The van der Waals surface area contributed by atoms with Gasteiger partial charge in [-0.05, 0) is 61.1 Å². The molecule has 28 heavy (non-hydrogen) atoms. The summed E-state index contributed by atoms with van der Waals surface area (Å²) in [6, 6.07) is 16.7. The van der Waals surface area contributed by atoms with Gasteiger partial charge in [0.2, 0.25) is 0 Å². The summed E-state index contributed by atoms with van der Waals surface area (Å²) in [5, 5.41) is 3.36. The molecule has 0 fully saturated rings. The van der Waals surface area contributed by atoms with Crippen molar-refractivity contribution in [2.24, 2.45) is 0 Å². The van der Waals surface area contributed by atoms with Crippen molar-refractivity contribution in [3.63, 3.8) is 0 Å². The Bertz CT molecular complexity index is 845. The smallest absolute Gasteiger partial charge is 0.0387 e. The number of terminal acetylenes is 1. The number of aryl methyl sites for hydroxylation is 1. The van der Waals surface area contributed by atoms with Gasteiger partial charge in [-0.1, -0.05) is 75.0 Å². The monoisotopic (exact) mass is 371 g/mol. The Balaban J connectivity index is 0.00000190. The summed E-state index contributed by atoms with van der Waals surface area (Å²) >= 11 is 0. The van der Waals surface area contributed by atoms with E-state index >= 15 is 0 Å². The summed E-state index contributed by atoms with van der Waals surface area (Å²) in [7, 11) is 0. The molecule has 0 saturated heterocycles. The van der Waals surface area contributed by atoms with Gasteiger partial charge in [0.05, 0.1) is 0 Å². The second-order valence-corrected chi connectivity index (χ2v) is 6.58. The lowest BCUT2D eigenvalue weighted by Crippen LogP contribution is -2.00. The molecule has 2 aromatic rings. The van der Waals surface area contributed by atoms with Gasteiger partial charge in [0.25, 0.3) is 0 Å². The average molecular weight is 372 g/mol. The van der Waals surface area contributed by atoms with E-state index in [9.17, 15) is 0 Å². The van der Waals surface area contributed by atoms with Crippen molar-refractivity contribution in [2.75, 3.05) is 5.32 Å². The van der Waals surface area contributed by atoms with Crippen LogP contribution >= 0.6 is 0 Å². The molecule has 0 amide bonds. The van der Waals surface area contributed by atoms with Gasteiger partial charge >= 0.3 is 0 Å². The van der Waals surface area contributed by atoms with Crippen molar-refractivity contribution in [2.45, 2.75) is 47.0 Å². The fourth-order valence-corrected chi connectivity index (χ4v) is 2.67. The minimum Gasteiger partial charge on any atom is -0.356 e. The van der Waals surface area contributed by atoms with Crippen LogP contribution in [-0.2, 0) is 6.42 Å². The highest BCUT2D eigenvalue weighted by Crippen LogP contribution is 2.21. The van der Waals surface area contributed by atoms with E-state index in [-0.39, 0.29) is 0 Å². The van der Waals surface area contributed by atoms with Crippen LogP contribution in [0.15, 0.2) is 79.0 Å². The Morgan fingerprint density at radius 3 is 2.43 bits per heavy atom. The van der Waals surface area contributed by atoms with Crippen LogP contribution in [0.4, 0.5) is 5.69 Å². The lowest BCUT2D eigenvalue weighted by molar-refractivity contribution is 1.05. The Morgan fingerprint density at radius 1 is 1.11 bits per heavy atom. The van der Waals surface area contributed by atoms with Gasteiger partial charge in [-0.25, -0.2) is 0 Å². The number of hydrogen-bond donors (Lipinski definition) is 1. The fourth-order valence-electron chi connectivity index (χ4n) is 2.67. The molecule has 0 aliphatic carbocycles. The van der Waals surface area contributed by atoms with Crippen molar-refractivity contribution >= 4 is 11.3 Å². The van der Waals surface area contributed by atoms with Gasteiger partial charge in [0.1, 0.15) is 0 Å². The molecule has 2 aromatic carbocycles. The molecule has 0 spiro atoms. The average Bonchev–Trinajstić information content (AvgIpc) is 2.70. The van der Waals surface area contributed by atoms with Crippen LogP contribution in [0.25, 0.3) is 5.57 Å². The SMILES string of the molecule is C#CCc1cccc(NC(=C)/C(C)=C/CCC(=C)c2ccc(C)cc2)c1.CC.